The van der Waals surface area contributed by atoms with Crippen LogP contribution < -0.4 is 5.73 Å². The van der Waals surface area contributed by atoms with Gasteiger partial charge in [-0.15, -0.1) is 0 Å². The van der Waals surface area contributed by atoms with E-state index in [1.165, 1.54) is 11.1 Å². The lowest BCUT2D eigenvalue weighted by atomic mass is 9.93. The summed E-state index contributed by atoms with van der Waals surface area (Å²) in [5.74, 6) is 0.331. The van der Waals surface area contributed by atoms with Gasteiger partial charge < -0.3 is 10.8 Å². The molecule has 1 aliphatic heterocycles. The van der Waals surface area contributed by atoms with E-state index >= 15 is 0 Å². The molecule has 1 saturated heterocycles. The van der Waals surface area contributed by atoms with Crippen LogP contribution in [-0.2, 0) is 0 Å². The van der Waals surface area contributed by atoms with Crippen LogP contribution in [0.3, 0.4) is 0 Å². The summed E-state index contributed by atoms with van der Waals surface area (Å²) in [6.07, 6.45) is 0.695. The number of benzene rings is 1. The number of aliphatic hydroxyl groups excluding tert-OH is 1. The monoisotopic (exact) mass is 248 g/mol. The highest BCUT2D eigenvalue weighted by Gasteiger charge is 2.28. The molecule has 0 radical (unpaired) electrons. The van der Waals surface area contributed by atoms with Gasteiger partial charge in [0.2, 0.25) is 0 Å². The van der Waals surface area contributed by atoms with Gasteiger partial charge in [-0.1, -0.05) is 36.8 Å². The molecular weight excluding hydrogens is 224 g/mol. The molecule has 3 heteroatoms. The molecule has 2 rings (SSSR count). The van der Waals surface area contributed by atoms with Crippen LogP contribution in [0.4, 0.5) is 0 Å². The maximum Gasteiger partial charge on any atom is 0.0590 e. The smallest absolute Gasteiger partial charge is 0.0590 e. The van der Waals surface area contributed by atoms with E-state index in [9.17, 15) is 5.11 Å². The van der Waals surface area contributed by atoms with Gasteiger partial charge in [-0.25, -0.2) is 0 Å². The summed E-state index contributed by atoms with van der Waals surface area (Å²) in [5.41, 5.74) is 8.53. The molecule has 1 fully saturated rings. The van der Waals surface area contributed by atoms with Gasteiger partial charge in [0.05, 0.1) is 6.10 Å². The average molecular weight is 248 g/mol. The highest BCUT2D eigenvalue weighted by molar-refractivity contribution is 5.25. The predicted molar refractivity (Wildman–Crippen MR) is 74.3 cm³/mol. The van der Waals surface area contributed by atoms with Crippen molar-refractivity contribution < 1.29 is 5.11 Å². The second kappa shape index (κ2) is 5.83. The van der Waals surface area contributed by atoms with Crippen molar-refractivity contribution in [2.24, 2.45) is 11.7 Å². The fourth-order valence-electron chi connectivity index (χ4n) is 2.82. The summed E-state index contributed by atoms with van der Waals surface area (Å²) in [6, 6.07) is 8.85. The molecule has 0 spiro atoms. The van der Waals surface area contributed by atoms with Crippen molar-refractivity contribution in [3.8, 4) is 0 Å². The van der Waals surface area contributed by atoms with Crippen molar-refractivity contribution in [3.05, 3.63) is 35.4 Å². The van der Waals surface area contributed by atoms with Gasteiger partial charge in [0.25, 0.3) is 0 Å². The molecule has 3 atom stereocenters. The van der Waals surface area contributed by atoms with Crippen molar-refractivity contribution in [3.63, 3.8) is 0 Å². The molecule has 1 aromatic rings. The normalized spacial score (nSPS) is 27.1. The Morgan fingerprint density at radius 3 is 2.89 bits per heavy atom. The SMILES string of the molecule is Cc1cccc(C(CN)N2CCC(O)C(C)C2)c1. The van der Waals surface area contributed by atoms with Crippen LogP contribution in [0.1, 0.15) is 30.5 Å². The summed E-state index contributed by atoms with van der Waals surface area (Å²) in [7, 11) is 0. The third-order valence-corrected chi connectivity index (χ3v) is 3.98. The number of piperidine rings is 1. The van der Waals surface area contributed by atoms with Crippen LogP contribution in [0, 0.1) is 12.8 Å². The first kappa shape index (κ1) is 13.5. The summed E-state index contributed by atoms with van der Waals surface area (Å²) < 4.78 is 0. The van der Waals surface area contributed by atoms with Gasteiger partial charge in [-0.2, -0.15) is 0 Å². The van der Waals surface area contributed by atoms with Crippen LogP contribution in [0.25, 0.3) is 0 Å². The number of hydrogen-bond donors (Lipinski definition) is 2. The number of aliphatic hydroxyl groups is 1. The van der Waals surface area contributed by atoms with E-state index in [0.29, 0.717) is 12.5 Å². The van der Waals surface area contributed by atoms with Crippen LogP contribution in [0.5, 0.6) is 0 Å². The molecule has 3 unspecified atom stereocenters. The summed E-state index contributed by atoms with van der Waals surface area (Å²) >= 11 is 0. The molecule has 1 aliphatic rings. The minimum Gasteiger partial charge on any atom is -0.393 e. The lowest BCUT2D eigenvalue weighted by molar-refractivity contribution is 0.0181. The number of nitrogens with two attached hydrogens (primary N) is 1. The standard InChI is InChI=1S/C15H24N2O/c1-11-4-3-5-13(8-11)14(9-16)17-7-6-15(18)12(2)10-17/h3-5,8,12,14-15,18H,6-7,9-10,16H2,1-2H3. The van der Waals surface area contributed by atoms with E-state index in [1.807, 2.05) is 0 Å². The summed E-state index contributed by atoms with van der Waals surface area (Å²) in [5, 5.41) is 9.81. The molecule has 0 amide bonds. The third-order valence-electron chi connectivity index (χ3n) is 3.98. The molecular formula is C15H24N2O. The van der Waals surface area contributed by atoms with E-state index in [2.05, 4.69) is 43.0 Å². The highest BCUT2D eigenvalue weighted by Crippen LogP contribution is 2.26. The fraction of sp³-hybridized carbons (Fsp3) is 0.600. The van der Waals surface area contributed by atoms with Gasteiger partial charge in [0, 0.05) is 25.7 Å². The second-order valence-corrected chi connectivity index (χ2v) is 5.49. The zero-order valence-corrected chi connectivity index (χ0v) is 11.3. The van der Waals surface area contributed by atoms with E-state index in [1.54, 1.807) is 0 Å². The number of hydrogen-bond acceptors (Lipinski definition) is 3. The minimum atomic E-state index is -0.155. The van der Waals surface area contributed by atoms with Gasteiger partial charge in [0.15, 0.2) is 0 Å². The van der Waals surface area contributed by atoms with Crippen LogP contribution in [0.2, 0.25) is 0 Å². The van der Waals surface area contributed by atoms with Gasteiger partial charge in [-0.3, -0.25) is 4.90 Å². The summed E-state index contributed by atoms with van der Waals surface area (Å²) in [4.78, 5) is 2.41. The minimum absolute atomic E-state index is 0.155. The van der Waals surface area contributed by atoms with Crippen LogP contribution in [-0.4, -0.2) is 35.7 Å². The van der Waals surface area contributed by atoms with Gasteiger partial charge in [0.1, 0.15) is 0 Å². The molecule has 100 valence electrons. The molecule has 0 bridgehead atoms. The van der Waals surface area contributed by atoms with Crippen LogP contribution >= 0.6 is 0 Å². The Bertz CT molecular complexity index is 394. The van der Waals surface area contributed by atoms with E-state index in [4.69, 9.17) is 5.73 Å². The number of nitrogens with zero attached hydrogens (tertiary/aromatic N) is 1. The Morgan fingerprint density at radius 2 is 2.28 bits per heavy atom. The first-order valence-electron chi connectivity index (χ1n) is 6.80. The predicted octanol–water partition coefficient (Wildman–Crippen LogP) is 1.70. The molecule has 18 heavy (non-hydrogen) atoms. The van der Waals surface area contributed by atoms with Crippen molar-refractivity contribution in [2.75, 3.05) is 19.6 Å². The maximum absolute atomic E-state index is 9.81. The van der Waals surface area contributed by atoms with Gasteiger partial charge >= 0.3 is 0 Å². The number of aryl methyl sites for hydroxylation is 1. The topological polar surface area (TPSA) is 49.5 Å². The third kappa shape index (κ3) is 2.91. The number of rotatable bonds is 3. The average Bonchev–Trinajstić information content (AvgIpc) is 2.35. The van der Waals surface area contributed by atoms with Crippen molar-refractivity contribution in [1.29, 1.82) is 0 Å². The summed E-state index contributed by atoms with van der Waals surface area (Å²) in [6.45, 7) is 6.71. The van der Waals surface area contributed by atoms with Crippen molar-refractivity contribution in [2.45, 2.75) is 32.4 Å². The molecule has 1 heterocycles. The molecule has 0 aromatic heterocycles. The van der Waals surface area contributed by atoms with E-state index in [0.717, 1.165) is 19.5 Å². The largest absolute Gasteiger partial charge is 0.393 e. The molecule has 3 N–H and O–H groups in total. The Hall–Kier alpha value is -0.900. The zero-order chi connectivity index (χ0) is 13.1. The Labute approximate surface area is 110 Å². The van der Waals surface area contributed by atoms with E-state index < -0.39 is 0 Å². The van der Waals surface area contributed by atoms with E-state index in [-0.39, 0.29) is 12.1 Å². The zero-order valence-electron chi connectivity index (χ0n) is 11.3. The van der Waals surface area contributed by atoms with Gasteiger partial charge in [-0.05, 0) is 24.8 Å². The quantitative estimate of drug-likeness (QED) is 0.856. The first-order valence-corrected chi connectivity index (χ1v) is 6.80. The molecule has 0 saturated carbocycles. The van der Waals surface area contributed by atoms with Crippen LogP contribution in [0.15, 0.2) is 24.3 Å². The lowest BCUT2D eigenvalue weighted by Crippen LogP contribution is -2.45. The Balaban J connectivity index is 2.14. The maximum atomic E-state index is 9.81. The van der Waals surface area contributed by atoms with Crippen molar-refractivity contribution >= 4 is 0 Å². The molecule has 1 aromatic carbocycles. The second-order valence-electron chi connectivity index (χ2n) is 5.49. The van der Waals surface area contributed by atoms with Crippen molar-refractivity contribution in [1.82, 2.24) is 4.90 Å². The Morgan fingerprint density at radius 1 is 1.50 bits per heavy atom. The lowest BCUT2D eigenvalue weighted by Gasteiger charge is -2.39. The highest BCUT2D eigenvalue weighted by atomic mass is 16.3. The molecule has 3 nitrogen and oxygen atoms in total. The molecule has 0 aliphatic carbocycles. The fourth-order valence-corrected chi connectivity index (χ4v) is 2.82. The number of likely N-dealkylation sites (tertiary alicyclic amines) is 1. The Kier molecular flexibility index (Phi) is 4.38. The first-order chi connectivity index (χ1) is 8.61.